The Hall–Kier alpha value is -2.49. The SMILES string of the molecule is CC1C=CSC(N[C@H](C(=O)NCCCC2(c3ncc(-c4ccc(B5OC(C)(C)C(C)(C)O5)cc4)[nH]3)CC2)C(C)C)=CC1. The molecule has 1 amide bonds. The molecule has 2 fully saturated rings. The number of allylic oxidation sites excluding steroid dienone is 2. The lowest BCUT2D eigenvalue weighted by molar-refractivity contribution is -0.123. The highest BCUT2D eigenvalue weighted by atomic mass is 32.2. The molecule has 0 radical (unpaired) electrons. The van der Waals surface area contributed by atoms with Gasteiger partial charge >= 0.3 is 7.12 Å². The largest absolute Gasteiger partial charge is 0.494 e. The fraction of sp³-hybridized carbons (Fsp3) is 0.576. The number of hydrogen-bond acceptors (Lipinski definition) is 6. The quantitative estimate of drug-likeness (QED) is 0.218. The second-order valence-corrected chi connectivity index (χ2v) is 14.6. The van der Waals surface area contributed by atoms with Crippen molar-refractivity contribution in [3.05, 3.63) is 58.9 Å². The molecule has 1 saturated heterocycles. The highest BCUT2D eigenvalue weighted by Gasteiger charge is 2.51. The van der Waals surface area contributed by atoms with Gasteiger partial charge in [0.1, 0.15) is 11.9 Å². The van der Waals surface area contributed by atoms with Gasteiger partial charge < -0.3 is 24.9 Å². The molecule has 1 aliphatic carbocycles. The number of rotatable bonds is 11. The molecular formula is C33H47BN4O3S. The van der Waals surface area contributed by atoms with E-state index in [2.05, 4.69) is 106 Å². The standard InChI is InChI=1S/C33H47BN4O3S/c1-22(2)28(38-27-14-9-23(3)15-20-42-27)29(39)35-19-8-16-33(17-18-33)30-36-21-26(37-30)24-10-12-25(13-11-24)34-40-31(4,5)32(6,7)41-34/h10-15,20-23,28,38H,8-9,16-19H2,1-7H3,(H,35,39)(H,36,37)/t23?,28-/m0/s1. The maximum Gasteiger partial charge on any atom is 0.494 e. The normalized spacial score (nSPS) is 22.9. The van der Waals surface area contributed by atoms with Crippen LogP contribution in [0.25, 0.3) is 11.3 Å². The summed E-state index contributed by atoms with van der Waals surface area (Å²) in [5, 5.41) is 9.87. The van der Waals surface area contributed by atoms with E-state index in [0.29, 0.717) is 12.5 Å². The van der Waals surface area contributed by atoms with Crippen LogP contribution in [0.5, 0.6) is 0 Å². The van der Waals surface area contributed by atoms with Gasteiger partial charge in [0.2, 0.25) is 5.91 Å². The van der Waals surface area contributed by atoms with Crippen LogP contribution in [0.2, 0.25) is 0 Å². The molecule has 2 aromatic rings. The molecule has 0 bridgehead atoms. The van der Waals surface area contributed by atoms with E-state index in [4.69, 9.17) is 14.3 Å². The number of aromatic amines is 1. The van der Waals surface area contributed by atoms with Crippen LogP contribution in [0.3, 0.4) is 0 Å². The summed E-state index contributed by atoms with van der Waals surface area (Å²) in [5.74, 6) is 1.84. The van der Waals surface area contributed by atoms with Crippen LogP contribution in [0.15, 0.2) is 53.1 Å². The molecule has 1 saturated carbocycles. The van der Waals surface area contributed by atoms with Gasteiger partial charge in [0.05, 0.1) is 28.1 Å². The molecule has 42 heavy (non-hydrogen) atoms. The first-order valence-electron chi connectivity index (χ1n) is 15.5. The summed E-state index contributed by atoms with van der Waals surface area (Å²) in [4.78, 5) is 21.5. The van der Waals surface area contributed by atoms with Gasteiger partial charge in [-0.25, -0.2) is 4.98 Å². The van der Waals surface area contributed by atoms with E-state index in [1.54, 1.807) is 11.8 Å². The summed E-state index contributed by atoms with van der Waals surface area (Å²) < 4.78 is 12.4. The van der Waals surface area contributed by atoms with Gasteiger partial charge in [-0.05, 0) is 88.1 Å². The number of nitrogens with one attached hydrogen (secondary N) is 3. The number of carbonyl (C=O) groups excluding carboxylic acids is 1. The molecule has 226 valence electrons. The van der Waals surface area contributed by atoms with Gasteiger partial charge in [0.25, 0.3) is 0 Å². The van der Waals surface area contributed by atoms with Crippen LogP contribution < -0.4 is 16.1 Å². The molecule has 7 nitrogen and oxygen atoms in total. The average molecular weight is 591 g/mol. The molecule has 1 aromatic heterocycles. The molecule has 1 unspecified atom stereocenters. The van der Waals surface area contributed by atoms with Crippen LogP contribution in [0.4, 0.5) is 0 Å². The van der Waals surface area contributed by atoms with Crippen molar-refractivity contribution < 1.29 is 14.1 Å². The van der Waals surface area contributed by atoms with Crippen LogP contribution in [0, 0.1) is 11.8 Å². The van der Waals surface area contributed by atoms with Gasteiger partial charge in [-0.3, -0.25) is 4.79 Å². The third-order valence-corrected chi connectivity index (χ3v) is 10.2. The highest BCUT2D eigenvalue weighted by molar-refractivity contribution is 8.05. The Morgan fingerprint density at radius 1 is 1.14 bits per heavy atom. The van der Waals surface area contributed by atoms with Gasteiger partial charge in [-0.1, -0.05) is 69.0 Å². The minimum Gasteiger partial charge on any atom is -0.399 e. The van der Waals surface area contributed by atoms with Crippen molar-refractivity contribution in [2.24, 2.45) is 11.8 Å². The number of H-pyrrole nitrogens is 1. The molecule has 3 N–H and O–H groups in total. The maximum atomic E-state index is 13.1. The Balaban J connectivity index is 1.12. The number of benzene rings is 1. The zero-order chi connectivity index (χ0) is 30.1. The number of aromatic nitrogens is 2. The molecule has 9 heteroatoms. The Kier molecular flexibility index (Phi) is 9.03. The van der Waals surface area contributed by atoms with E-state index >= 15 is 0 Å². The summed E-state index contributed by atoms with van der Waals surface area (Å²) in [6.07, 6.45) is 11.5. The Bertz CT molecular complexity index is 1300. The summed E-state index contributed by atoms with van der Waals surface area (Å²) in [6, 6.07) is 8.12. The Morgan fingerprint density at radius 2 is 1.83 bits per heavy atom. The van der Waals surface area contributed by atoms with E-state index < -0.39 is 0 Å². The lowest BCUT2D eigenvalue weighted by Crippen LogP contribution is -2.47. The zero-order valence-corrected chi connectivity index (χ0v) is 27.1. The van der Waals surface area contributed by atoms with Crippen LogP contribution in [-0.2, 0) is 19.5 Å². The van der Waals surface area contributed by atoms with Crippen molar-refractivity contribution >= 4 is 30.3 Å². The van der Waals surface area contributed by atoms with E-state index in [-0.39, 0.29) is 41.6 Å². The van der Waals surface area contributed by atoms with Crippen molar-refractivity contribution in [2.45, 2.75) is 103 Å². The minimum atomic E-state index is -0.364. The predicted octanol–water partition coefficient (Wildman–Crippen LogP) is 6.05. The summed E-state index contributed by atoms with van der Waals surface area (Å²) >= 11 is 1.66. The van der Waals surface area contributed by atoms with Gasteiger partial charge in [0.15, 0.2) is 0 Å². The third kappa shape index (κ3) is 6.84. The monoisotopic (exact) mass is 590 g/mol. The number of hydrogen-bond donors (Lipinski definition) is 3. The minimum absolute atomic E-state index is 0.0712. The average Bonchev–Trinajstić information content (AvgIpc) is 3.55. The van der Waals surface area contributed by atoms with Crippen LogP contribution in [-0.4, -0.2) is 46.8 Å². The second kappa shape index (κ2) is 12.3. The lowest BCUT2D eigenvalue weighted by Gasteiger charge is -2.32. The number of imidazole rings is 1. The zero-order valence-electron chi connectivity index (χ0n) is 26.3. The van der Waals surface area contributed by atoms with Gasteiger partial charge in [-0.15, -0.1) is 0 Å². The van der Waals surface area contributed by atoms with E-state index in [0.717, 1.165) is 59.7 Å². The fourth-order valence-corrected chi connectivity index (χ4v) is 6.37. The van der Waals surface area contributed by atoms with E-state index in [1.165, 1.54) is 0 Å². The Morgan fingerprint density at radius 3 is 2.48 bits per heavy atom. The van der Waals surface area contributed by atoms with E-state index in [1.807, 2.05) is 6.20 Å². The maximum absolute atomic E-state index is 13.1. The fourth-order valence-electron chi connectivity index (χ4n) is 5.49. The second-order valence-electron chi connectivity index (χ2n) is 13.6. The van der Waals surface area contributed by atoms with Crippen molar-refractivity contribution in [3.63, 3.8) is 0 Å². The lowest BCUT2D eigenvalue weighted by atomic mass is 9.79. The van der Waals surface area contributed by atoms with Gasteiger partial charge in [-0.2, -0.15) is 0 Å². The van der Waals surface area contributed by atoms with Crippen molar-refractivity contribution in [1.82, 2.24) is 20.6 Å². The Labute approximate surface area is 256 Å². The molecule has 2 aliphatic heterocycles. The first-order valence-corrected chi connectivity index (χ1v) is 16.4. The summed E-state index contributed by atoms with van der Waals surface area (Å²) in [5.41, 5.74) is 2.51. The summed E-state index contributed by atoms with van der Waals surface area (Å²) in [7, 11) is -0.364. The number of nitrogens with zero attached hydrogens (tertiary/aromatic N) is 1. The first-order chi connectivity index (χ1) is 19.9. The number of carbonyl (C=O) groups is 1. The molecule has 2 atom stereocenters. The molecule has 3 heterocycles. The highest BCUT2D eigenvalue weighted by Crippen LogP contribution is 2.50. The summed E-state index contributed by atoms with van der Waals surface area (Å²) in [6.45, 7) is 15.4. The van der Waals surface area contributed by atoms with Crippen LogP contribution in [0.1, 0.15) is 86.4 Å². The van der Waals surface area contributed by atoms with Crippen LogP contribution >= 0.6 is 11.8 Å². The third-order valence-electron chi connectivity index (χ3n) is 9.33. The predicted molar refractivity (Wildman–Crippen MR) is 173 cm³/mol. The van der Waals surface area contributed by atoms with Crippen molar-refractivity contribution in [1.29, 1.82) is 0 Å². The number of thioether (sulfide) groups is 1. The number of amides is 1. The molecule has 5 rings (SSSR count). The first kappa shape index (κ1) is 31.0. The topological polar surface area (TPSA) is 88.3 Å². The molecule has 1 aromatic carbocycles. The van der Waals surface area contributed by atoms with E-state index in [9.17, 15) is 4.79 Å². The molecule has 3 aliphatic rings. The van der Waals surface area contributed by atoms with Gasteiger partial charge in [0, 0.05) is 12.0 Å². The smallest absolute Gasteiger partial charge is 0.399 e. The molecular weight excluding hydrogens is 543 g/mol. The van der Waals surface area contributed by atoms with Crippen molar-refractivity contribution in [3.8, 4) is 11.3 Å². The van der Waals surface area contributed by atoms with Crippen molar-refractivity contribution in [2.75, 3.05) is 6.54 Å². The molecule has 0 spiro atoms.